The quantitative estimate of drug-likeness (QED) is 0.811. The van der Waals surface area contributed by atoms with Crippen molar-refractivity contribution >= 4 is 22.7 Å². The van der Waals surface area contributed by atoms with Crippen LogP contribution in [0.1, 0.15) is 0 Å². The summed E-state index contributed by atoms with van der Waals surface area (Å²) >= 11 is 4.02. The minimum absolute atomic E-state index is 0.260. The maximum absolute atomic E-state index is 11.7. The first-order valence-electron chi connectivity index (χ1n) is 4.74. The van der Waals surface area contributed by atoms with Crippen molar-refractivity contribution in [1.29, 1.82) is 0 Å². The van der Waals surface area contributed by atoms with Crippen LogP contribution in [0.3, 0.4) is 0 Å². The molecule has 0 saturated carbocycles. The average Bonchev–Trinajstić information content (AvgIpc) is 2.26. The Hall–Kier alpha value is -0.720. The largest absolute Gasteiger partial charge is 0.493 e. The van der Waals surface area contributed by atoms with Crippen LogP contribution in [-0.4, -0.2) is 39.2 Å². The molecule has 1 aromatic rings. The van der Waals surface area contributed by atoms with Crippen LogP contribution in [-0.2, 0) is 10.0 Å². The Morgan fingerprint density at radius 2 is 1.81 bits per heavy atom. The number of nitrogens with zero attached hydrogens (tertiary/aromatic N) is 1. The number of sulfonamides is 1. The number of benzene rings is 1. The molecular formula is C10H15NO3S2. The highest BCUT2D eigenvalue weighted by molar-refractivity contribution is 7.89. The van der Waals surface area contributed by atoms with Gasteiger partial charge in [-0.15, -0.1) is 0 Å². The predicted octanol–water partition coefficient (Wildman–Crippen LogP) is 1.25. The highest BCUT2D eigenvalue weighted by Crippen LogP contribution is 2.17. The number of rotatable bonds is 5. The molecule has 0 aliphatic rings. The van der Waals surface area contributed by atoms with Gasteiger partial charge in [-0.25, -0.2) is 12.7 Å². The molecule has 1 rings (SSSR count). The van der Waals surface area contributed by atoms with E-state index in [1.165, 1.54) is 30.5 Å². The van der Waals surface area contributed by atoms with Gasteiger partial charge in [0, 0.05) is 19.8 Å². The Morgan fingerprint density at radius 1 is 1.25 bits per heavy atom. The first kappa shape index (κ1) is 13.3. The van der Waals surface area contributed by atoms with E-state index in [4.69, 9.17) is 4.74 Å². The van der Waals surface area contributed by atoms with E-state index in [0.29, 0.717) is 18.1 Å². The summed E-state index contributed by atoms with van der Waals surface area (Å²) in [7, 11) is -0.350. The van der Waals surface area contributed by atoms with E-state index < -0.39 is 10.0 Å². The first-order valence-corrected chi connectivity index (χ1v) is 6.82. The van der Waals surface area contributed by atoms with Crippen molar-refractivity contribution in [2.75, 3.05) is 26.5 Å². The number of hydrogen-bond donors (Lipinski definition) is 1. The molecule has 0 spiro atoms. The van der Waals surface area contributed by atoms with E-state index in [1.54, 1.807) is 12.1 Å². The van der Waals surface area contributed by atoms with Crippen molar-refractivity contribution in [2.24, 2.45) is 0 Å². The summed E-state index contributed by atoms with van der Waals surface area (Å²) in [6, 6.07) is 6.34. The van der Waals surface area contributed by atoms with Gasteiger partial charge < -0.3 is 4.74 Å². The van der Waals surface area contributed by atoms with Crippen LogP contribution < -0.4 is 4.74 Å². The molecule has 4 nitrogen and oxygen atoms in total. The van der Waals surface area contributed by atoms with Crippen LogP contribution in [0.4, 0.5) is 0 Å². The van der Waals surface area contributed by atoms with Crippen molar-refractivity contribution in [2.45, 2.75) is 4.90 Å². The third kappa shape index (κ3) is 3.13. The lowest BCUT2D eigenvalue weighted by molar-refractivity contribution is 0.344. The van der Waals surface area contributed by atoms with Crippen molar-refractivity contribution < 1.29 is 13.2 Å². The Morgan fingerprint density at radius 3 is 2.25 bits per heavy atom. The maximum atomic E-state index is 11.7. The summed E-state index contributed by atoms with van der Waals surface area (Å²) in [6.07, 6.45) is 0. The van der Waals surface area contributed by atoms with Crippen LogP contribution in [0, 0.1) is 0 Å². The third-order valence-corrected chi connectivity index (χ3v) is 3.97. The highest BCUT2D eigenvalue weighted by atomic mass is 32.2. The summed E-state index contributed by atoms with van der Waals surface area (Å²) < 4.78 is 29.9. The van der Waals surface area contributed by atoms with Gasteiger partial charge in [0.15, 0.2) is 0 Å². The van der Waals surface area contributed by atoms with Gasteiger partial charge >= 0.3 is 0 Å². The van der Waals surface area contributed by atoms with E-state index in [2.05, 4.69) is 12.6 Å². The topological polar surface area (TPSA) is 46.6 Å². The van der Waals surface area contributed by atoms with Gasteiger partial charge in [0.2, 0.25) is 10.0 Å². The summed E-state index contributed by atoms with van der Waals surface area (Å²) in [5.41, 5.74) is 0. The Bertz CT molecular complexity index is 426. The van der Waals surface area contributed by atoms with Crippen LogP contribution in [0.25, 0.3) is 0 Å². The monoisotopic (exact) mass is 261 g/mol. The van der Waals surface area contributed by atoms with E-state index in [0.717, 1.165) is 0 Å². The normalized spacial score (nSPS) is 11.8. The van der Waals surface area contributed by atoms with Crippen molar-refractivity contribution in [3.8, 4) is 5.75 Å². The second-order valence-corrected chi connectivity index (χ2v) is 5.93. The molecule has 0 aliphatic heterocycles. The van der Waals surface area contributed by atoms with E-state index in [1.807, 2.05) is 0 Å². The lowest BCUT2D eigenvalue weighted by Gasteiger charge is -2.11. The fraction of sp³-hybridized carbons (Fsp3) is 0.400. The molecule has 1 aromatic carbocycles. The predicted molar refractivity (Wildman–Crippen MR) is 66.7 cm³/mol. The second kappa shape index (κ2) is 5.56. The number of thiol groups is 1. The van der Waals surface area contributed by atoms with Crippen LogP contribution in [0.15, 0.2) is 29.2 Å². The molecule has 16 heavy (non-hydrogen) atoms. The Kier molecular flexibility index (Phi) is 4.64. The van der Waals surface area contributed by atoms with E-state index in [9.17, 15) is 8.42 Å². The summed E-state index contributed by atoms with van der Waals surface area (Å²) in [4.78, 5) is 0.260. The summed E-state index contributed by atoms with van der Waals surface area (Å²) in [6.45, 7) is 0.503. The van der Waals surface area contributed by atoms with E-state index >= 15 is 0 Å². The molecule has 6 heteroatoms. The van der Waals surface area contributed by atoms with Crippen molar-refractivity contribution in [3.63, 3.8) is 0 Å². The lowest BCUT2D eigenvalue weighted by atomic mass is 10.3. The molecule has 0 N–H and O–H groups in total. The summed E-state index contributed by atoms with van der Waals surface area (Å²) in [5, 5.41) is 0. The van der Waals surface area contributed by atoms with Crippen molar-refractivity contribution in [1.82, 2.24) is 4.31 Å². The molecular weight excluding hydrogens is 246 g/mol. The fourth-order valence-electron chi connectivity index (χ4n) is 1.08. The van der Waals surface area contributed by atoms with Crippen LogP contribution in [0.5, 0.6) is 5.75 Å². The maximum Gasteiger partial charge on any atom is 0.242 e. The number of ether oxygens (including phenoxy) is 1. The smallest absolute Gasteiger partial charge is 0.242 e. The van der Waals surface area contributed by atoms with Crippen molar-refractivity contribution in [3.05, 3.63) is 24.3 Å². The zero-order valence-electron chi connectivity index (χ0n) is 9.25. The van der Waals surface area contributed by atoms with Gasteiger partial charge in [-0.05, 0) is 24.3 Å². The lowest BCUT2D eigenvalue weighted by Crippen LogP contribution is -2.22. The van der Waals surface area contributed by atoms with Crippen LogP contribution in [0.2, 0.25) is 0 Å². The molecule has 0 radical (unpaired) electrons. The SMILES string of the molecule is CN(C)S(=O)(=O)c1ccc(OCCS)cc1. The second-order valence-electron chi connectivity index (χ2n) is 3.33. The third-order valence-electron chi connectivity index (χ3n) is 1.96. The van der Waals surface area contributed by atoms with Gasteiger partial charge in [0.25, 0.3) is 0 Å². The van der Waals surface area contributed by atoms with E-state index in [-0.39, 0.29) is 4.90 Å². The average molecular weight is 261 g/mol. The van der Waals surface area contributed by atoms with Gasteiger partial charge in [-0.2, -0.15) is 12.6 Å². The molecule has 0 saturated heterocycles. The Balaban J connectivity index is 2.87. The first-order chi connectivity index (χ1) is 7.48. The Labute approximate surface area is 102 Å². The molecule has 0 bridgehead atoms. The molecule has 0 heterocycles. The van der Waals surface area contributed by atoms with Gasteiger partial charge in [-0.1, -0.05) is 0 Å². The van der Waals surface area contributed by atoms with Gasteiger partial charge in [0.05, 0.1) is 11.5 Å². The summed E-state index contributed by atoms with van der Waals surface area (Å²) in [5.74, 6) is 1.27. The fourth-order valence-corrected chi connectivity index (χ4v) is 2.08. The molecule has 0 fully saturated rings. The van der Waals surface area contributed by atoms with Gasteiger partial charge in [0.1, 0.15) is 5.75 Å². The zero-order valence-corrected chi connectivity index (χ0v) is 11.0. The molecule has 0 aromatic heterocycles. The molecule has 90 valence electrons. The van der Waals surface area contributed by atoms with Crippen LogP contribution >= 0.6 is 12.6 Å². The minimum Gasteiger partial charge on any atom is -0.493 e. The highest BCUT2D eigenvalue weighted by Gasteiger charge is 2.16. The molecule has 0 atom stereocenters. The minimum atomic E-state index is -3.35. The standard InChI is InChI=1S/C10H15NO3S2/c1-11(2)16(12,13)10-5-3-9(4-6-10)14-7-8-15/h3-6,15H,7-8H2,1-2H3. The van der Waals surface area contributed by atoms with Gasteiger partial charge in [-0.3, -0.25) is 0 Å². The zero-order chi connectivity index (χ0) is 12.2. The molecule has 0 aliphatic carbocycles. The molecule has 0 amide bonds. The molecule has 0 unspecified atom stereocenters. The number of hydrogen-bond acceptors (Lipinski definition) is 4.